The molecule has 0 bridgehead atoms. The predicted octanol–water partition coefficient (Wildman–Crippen LogP) is 3.89. The monoisotopic (exact) mass is 311 g/mol. The van der Waals surface area contributed by atoms with Crippen LogP contribution in [0.15, 0.2) is 28.7 Å². The molecule has 2 nitrogen and oxygen atoms in total. The molecule has 0 heterocycles. The van der Waals surface area contributed by atoms with Gasteiger partial charge in [0, 0.05) is 10.5 Å². The number of rotatable bonds is 4. The molecule has 1 N–H and O–H groups in total. The summed E-state index contributed by atoms with van der Waals surface area (Å²) in [5, 5.41) is 3.41. The van der Waals surface area contributed by atoms with Crippen LogP contribution in [-0.2, 0) is 11.3 Å². The van der Waals surface area contributed by atoms with Crippen LogP contribution in [0.4, 0.5) is 0 Å². The van der Waals surface area contributed by atoms with Crippen LogP contribution >= 0.6 is 15.9 Å². The normalized spacial score (nSPS) is 24.8. The second kappa shape index (κ2) is 7.27. The molecule has 2 unspecified atom stereocenters. The summed E-state index contributed by atoms with van der Waals surface area (Å²) in [6.45, 7) is 0.711. The van der Waals surface area contributed by atoms with E-state index in [1.165, 1.54) is 37.7 Å². The minimum absolute atomic E-state index is 0.358. The van der Waals surface area contributed by atoms with Crippen LogP contribution in [0.2, 0.25) is 0 Å². The molecule has 18 heavy (non-hydrogen) atoms. The highest BCUT2D eigenvalue weighted by Gasteiger charge is 2.22. The van der Waals surface area contributed by atoms with Crippen LogP contribution in [0.3, 0.4) is 0 Å². The maximum Gasteiger partial charge on any atom is 0.0732 e. The Labute approximate surface area is 118 Å². The quantitative estimate of drug-likeness (QED) is 0.852. The first-order valence-electron chi connectivity index (χ1n) is 6.83. The molecule has 0 aromatic heterocycles. The Morgan fingerprint density at radius 2 is 2.11 bits per heavy atom. The second-order valence-electron chi connectivity index (χ2n) is 5.01. The first-order chi connectivity index (χ1) is 8.79. The van der Waals surface area contributed by atoms with Crippen LogP contribution in [0, 0.1) is 0 Å². The molecule has 0 saturated heterocycles. The third-order valence-electron chi connectivity index (χ3n) is 3.68. The highest BCUT2D eigenvalue weighted by Crippen LogP contribution is 2.22. The largest absolute Gasteiger partial charge is 0.372 e. The molecule has 2 rings (SSSR count). The SMILES string of the molecule is CNC1CCCCCC1OCc1cccc(Br)c1. The average Bonchev–Trinajstić information content (AvgIpc) is 2.61. The Bertz CT molecular complexity index is 369. The van der Waals surface area contributed by atoms with Crippen molar-refractivity contribution in [3.63, 3.8) is 0 Å². The van der Waals surface area contributed by atoms with Crippen LogP contribution in [-0.4, -0.2) is 19.2 Å². The van der Waals surface area contributed by atoms with E-state index in [-0.39, 0.29) is 0 Å². The number of halogens is 1. The molecule has 1 aromatic rings. The van der Waals surface area contributed by atoms with Crippen LogP contribution < -0.4 is 5.32 Å². The van der Waals surface area contributed by atoms with Gasteiger partial charge in [-0.05, 0) is 37.6 Å². The Hall–Kier alpha value is -0.380. The molecule has 1 saturated carbocycles. The van der Waals surface area contributed by atoms with E-state index in [0.29, 0.717) is 18.8 Å². The molecule has 0 radical (unpaired) electrons. The van der Waals surface area contributed by atoms with Gasteiger partial charge in [-0.15, -0.1) is 0 Å². The summed E-state index contributed by atoms with van der Waals surface area (Å²) in [4.78, 5) is 0. The number of likely N-dealkylation sites (N-methyl/N-ethyl adjacent to an activating group) is 1. The molecule has 0 aliphatic heterocycles. The molecular formula is C15H22BrNO. The Balaban J connectivity index is 1.91. The molecule has 0 amide bonds. The van der Waals surface area contributed by atoms with Crippen molar-refractivity contribution in [2.24, 2.45) is 0 Å². The summed E-state index contributed by atoms with van der Waals surface area (Å²) in [6, 6.07) is 8.87. The van der Waals surface area contributed by atoms with E-state index in [1.807, 2.05) is 13.1 Å². The van der Waals surface area contributed by atoms with Crippen molar-refractivity contribution in [3.8, 4) is 0 Å². The van der Waals surface area contributed by atoms with Gasteiger partial charge in [-0.3, -0.25) is 0 Å². The van der Waals surface area contributed by atoms with Gasteiger partial charge in [0.2, 0.25) is 0 Å². The lowest BCUT2D eigenvalue weighted by atomic mass is 10.1. The van der Waals surface area contributed by atoms with Gasteiger partial charge in [-0.2, -0.15) is 0 Å². The van der Waals surface area contributed by atoms with Crippen LogP contribution in [0.1, 0.15) is 37.7 Å². The lowest BCUT2D eigenvalue weighted by molar-refractivity contribution is 0.0124. The van der Waals surface area contributed by atoms with E-state index < -0.39 is 0 Å². The van der Waals surface area contributed by atoms with Gasteiger partial charge in [0.1, 0.15) is 0 Å². The zero-order chi connectivity index (χ0) is 12.8. The van der Waals surface area contributed by atoms with E-state index in [1.54, 1.807) is 0 Å². The number of benzene rings is 1. The fourth-order valence-electron chi connectivity index (χ4n) is 2.63. The summed E-state index contributed by atoms with van der Waals surface area (Å²) >= 11 is 3.50. The Kier molecular flexibility index (Phi) is 5.67. The van der Waals surface area contributed by atoms with Gasteiger partial charge in [0.05, 0.1) is 12.7 Å². The lowest BCUT2D eigenvalue weighted by Crippen LogP contribution is -2.38. The Morgan fingerprint density at radius 1 is 1.28 bits per heavy atom. The van der Waals surface area contributed by atoms with Crippen molar-refractivity contribution >= 4 is 15.9 Å². The van der Waals surface area contributed by atoms with E-state index in [4.69, 9.17) is 4.74 Å². The Morgan fingerprint density at radius 3 is 2.89 bits per heavy atom. The fourth-order valence-corrected chi connectivity index (χ4v) is 3.08. The third kappa shape index (κ3) is 4.08. The summed E-state index contributed by atoms with van der Waals surface area (Å²) < 4.78 is 7.24. The van der Waals surface area contributed by atoms with Crippen molar-refractivity contribution in [3.05, 3.63) is 34.3 Å². The van der Waals surface area contributed by atoms with Gasteiger partial charge in [-0.1, -0.05) is 47.3 Å². The van der Waals surface area contributed by atoms with Crippen molar-refractivity contribution in [2.75, 3.05) is 7.05 Å². The number of hydrogen-bond acceptors (Lipinski definition) is 2. The highest BCUT2D eigenvalue weighted by atomic mass is 79.9. The fraction of sp³-hybridized carbons (Fsp3) is 0.600. The van der Waals surface area contributed by atoms with Crippen molar-refractivity contribution in [1.82, 2.24) is 5.32 Å². The maximum atomic E-state index is 6.12. The molecular weight excluding hydrogens is 290 g/mol. The summed E-state index contributed by atoms with van der Waals surface area (Å²) in [6.07, 6.45) is 6.73. The topological polar surface area (TPSA) is 21.3 Å². The minimum atomic E-state index is 0.358. The number of ether oxygens (including phenoxy) is 1. The summed E-state index contributed by atoms with van der Waals surface area (Å²) in [7, 11) is 2.05. The van der Waals surface area contributed by atoms with E-state index in [9.17, 15) is 0 Å². The zero-order valence-electron chi connectivity index (χ0n) is 11.0. The molecule has 1 aliphatic rings. The first kappa shape index (κ1) is 14.0. The molecule has 3 heteroatoms. The highest BCUT2D eigenvalue weighted by molar-refractivity contribution is 9.10. The van der Waals surface area contributed by atoms with Gasteiger partial charge >= 0.3 is 0 Å². The molecule has 100 valence electrons. The maximum absolute atomic E-state index is 6.12. The number of hydrogen-bond donors (Lipinski definition) is 1. The van der Waals surface area contributed by atoms with E-state index in [0.717, 1.165) is 4.47 Å². The molecule has 1 aliphatic carbocycles. The predicted molar refractivity (Wildman–Crippen MR) is 78.7 cm³/mol. The second-order valence-corrected chi connectivity index (χ2v) is 5.93. The molecule has 1 aromatic carbocycles. The van der Waals surface area contributed by atoms with Gasteiger partial charge < -0.3 is 10.1 Å². The zero-order valence-corrected chi connectivity index (χ0v) is 12.6. The van der Waals surface area contributed by atoms with E-state index in [2.05, 4.69) is 39.4 Å². The lowest BCUT2D eigenvalue weighted by Gasteiger charge is -2.25. The summed E-state index contributed by atoms with van der Waals surface area (Å²) in [5.41, 5.74) is 1.24. The van der Waals surface area contributed by atoms with Gasteiger partial charge in [-0.25, -0.2) is 0 Å². The minimum Gasteiger partial charge on any atom is -0.372 e. The summed E-state index contributed by atoms with van der Waals surface area (Å²) in [5.74, 6) is 0. The third-order valence-corrected chi connectivity index (χ3v) is 4.17. The van der Waals surface area contributed by atoms with Crippen LogP contribution in [0.25, 0.3) is 0 Å². The van der Waals surface area contributed by atoms with Gasteiger partial charge in [0.25, 0.3) is 0 Å². The van der Waals surface area contributed by atoms with E-state index >= 15 is 0 Å². The van der Waals surface area contributed by atoms with Crippen molar-refractivity contribution in [2.45, 2.75) is 50.9 Å². The van der Waals surface area contributed by atoms with Crippen molar-refractivity contribution in [1.29, 1.82) is 0 Å². The average molecular weight is 312 g/mol. The molecule has 1 fully saturated rings. The number of nitrogens with one attached hydrogen (secondary N) is 1. The van der Waals surface area contributed by atoms with Crippen LogP contribution in [0.5, 0.6) is 0 Å². The molecule has 2 atom stereocenters. The standard InChI is InChI=1S/C15H22BrNO/c1-17-14-8-3-2-4-9-15(14)18-11-12-6-5-7-13(16)10-12/h5-7,10,14-15,17H,2-4,8-9,11H2,1H3. The smallest absolute Gasteiger partial charge is 0.0732 e. The first-order valence-corrected chi connectivity index (χ1v) is 7.62. The molecule has 0 spiro atoms. The van der Waals surface area contributed by atoms with Gasteiger partial charge in [0.15, 0.2) is 0 Å². The van der Waals surface area contributed by atoms with Crippen molar-refractivity contribution < 1.29 is 4.74 Å².